The van der Waals surface area contributed by atoms with Gasteiger partial charge in [-0.25, -0.2) is 19.3 Å². The van der Waals surface area contributed by atoms with Crippen molar-refractivity contribution < 1.29 is 14.6 Å². The van der Waals surface area contributed by atoms with Crippen LogP contribution in [0.5, 0.6) is 0 Å². The van der Waals surface area contributed by atoms with Crippen LogP contribution in [0.25, 0.3) is 11.2 Å². The van der Waals surface area contributed by atoms with Crippen molar-refractivity contribution in [2.24, 2.45) is 11.8 Å². The number of fused-ring (bicyclic) bond motifs is 1. The monoisotopic (exact) mass is 281 g/mol. The van der Waals surface area contributed by atoms with Crippen LogP contribution in [0.3, 0.4) is 0 Å². The number of alkyl halides is 1. The highest BCUT2D eigenvalue weighted by Crippen LogP contribution is 2.42. The van der Waals surface area contributed by atoms with Crippen LogP contribution in [0.4, 0.5) is 10.2 Å². The SMILES string of the molecule is Nc1ncnc2c1ncn2C1C[C@H](CO)C(CO)[C@@H]1F. The smallest absolute Gasteiger partial charge is 0.165 e. The highest BCUT2D eigenvalue weighted by molar-refractivity contribution is 5.81. The number of hydrogen-bond acceptors (Lipinski definition) is 6. The van der Waals surface area contributed by atoms with Gasteiger partial charge >= 0.3 is 0 Å². The summed E-state index contributed by atoms with van der Waals surface area (Å²) in [5.74, 6) is -0.585. The first-order chi connectivity index (χ1) is 9.67. The minimum Gasteiger partial charge on any atom is -0.396 e. The number of aliphatic hydroxyl groups is 2. The molecule has 0 amide bonds. The molecule has 4 N–H and O–H groups in total. The van der Waals surface area contributed by atoms with E-state index in [0.717, 1.165) is 0 Å². The van der Waals surface area contributed by atoms with E-state index in [-0.39, 0.29) is 24.9 Å². The van der Waals surface area contributed by atoms with Crippen LogP contribution >= 0.6 is 0 Å². The minimum absolute atomic E-state index is 0.147. The number of aliphatic hydroxyl groups excluding tert-OH is 2. The number of halogens is 1. The summed E-state index contributed by atoms with van der Waals surface area (Å²) >= 11 is 0. The number of aromatic nitrogens is 4. The van der Waals surface area contributed by atoms with Gasteiger partial charge < -0.3 is 20.5 Å². The Hall–Kier alpha value is -1.80. The molecular formula is C12H16FN5O2. The van der Waals surface area contributed by atoms with Gasteiger partial charge in [-0.3, -0.25) is 0 Å². The first kappa shape index (κ1) is 13.2. The van der Waals surface area contributed by atoms with Crippen LogP contribution in [0, 0.1) is 11.8 Å². The van der Waals surface area contributed by atoms with E-state index in [1.54, 1.807) is 4.57 Å². The third kappa shape index (κ3) is 1.83. The maximum Gasteiger partial charge on any atom is 0.165 e. The number of nitrogen functional groups attached to an aromatic ring is 1. The number of hydrogen-bond donors (Lipinski definition) is 3. The predicted octanol–water partition coefficient (Wildman–Crippen LogP) is -0.0916. The number of imidazole rings is 1. The van der Waals surface area contributed by atoms with E-state index in [4.69, 9.17) is 5.73 Å². The van der Waals surface area contributed by atoms with Gasteiger partial charge in [0.2, 0.25) is 0 Å². The third-order valence-corrected chi connectivity index (χ3v) is 4.12. The molecule has 0 bridgehead atoms. The summed E-state index contributed by atoms with van der Waals surface area (Å²) in [6.45, 7) is -0.432. The summed E-state index contributed by atoms with van der Waals surface area (Å²) in [5, 5.41) is 18.6. The molecule has 4 atom stereocenters. The first-order valence-corrected chi connectivity index (χ1v) is 6.46. The van der Waals surface area contributed by atoms with Gasteiger partial charge in [0.15, 0.2) is 11.5 Å². The molecule has 0 radical (unpaired) electrons. The van der Waals surface area contributed by atoms with Crippen LogP contribution in [0.1, 0.15) is 12.5 Å². The molecule has 2 aromatic rings. The standard InChI is InChI=1S/C12H16FN5O2/c13-9-7(3-20)6(2-19)1-8(9)18-5-17-10-11(14)15-4-16-12(10)18/h4-9,19-20H,1-3H2,(H2,14,15,16)/t6-,7?,8?,9+/m1/s1. The molecule has 2 aromatic heterocycles. The second kappa shape index (κ2) is 4.95. The Morgan fingerprint density at radius 3 is 2.75 bits per heavy atom. The Labute approximate surface area is 114 Å². The molecule has 7 nitrogen and oxygen atoms in total. The molecule has 2 heterocycles. The van der Waals surface area contributed by atoms with E-state index in [1.165, 1.54) is 12.7 Å². The molecule has 0 spiro atoms. The Morgan fingerprint density at radius 1 is 1.30 bits per heavy atom. The van der Waals surface area contributed by atoms with Crippen molar-refractivity contribution in [2.45, 2.75) is 18.6 Å². The van der Waals surface area contributed by atoms with Crippen LogP contribution < -0.4 is 5.73 Å². The average molecular weight is 281 g/mol. The zero-order valence-electron chi connectivity index (χ0n) is 10.7. The van der Waals surface area contributed by atoms with Gasteiger partial charge in [-0.2, -0.15) is 0 Å². The zero-order chi connectivity index (χ0) is 14.3. The Balaban J connectivity index is 2.01. The van der Waals surface area contributed by atoms with Crippen molar-refractivity contribution in [3.8, 4) is 0 Å². The molecular weight excluding hydrogens is 265 g/mol. The van der Waals surface area contributed by atoms with Crippen molar-refractivity contribution in [3.05, 3.63) is 12.7 Å². The van der Waals surface area contributed by atoms with Gasteiger partial charge in [0.25, 0.3) is 0 Å². The molecule has 0 aliphatic heterocycles. The Bertz CT molecular complexity index is 619. The highest BCUT2D eigenvalue weighted by Gasteiger charge is 2.44. The lowest BCUT2D eigenvalue weighted by Crippen LogP contribution is -2.25. The van der Waals surface area contributed by atoms with Crippen molar-refractivity contribution >= 4 is 17.0 Å². The fourth-order valence-electron chi connectivity index (χ4n) is 3.00. The zero-order valence-corrected chi connectivity index (χ0v) is 10.7. The van der Waals surface area contributed by atoms with Crippen LogP contribution in [0.2, 0.25) is 0 Å². The van der Waals surface area contributed by atoms with Gasteiger partial charge in [-0.1, -0.05) is 0 Å². The van der Waals surface area contributed by atoms with Crippen molar-refractivity contribution in [2.75, 3.05) is 18.9 Å². The van der Waals surface area contributed by atoms with E-state index < -0.39 is 18.1 Å². The third-order valence-electron chi connectivity index (χ3n) is 4.12. The van der Waals surface area contributed by atoms with Gasteiger partial charge in [0, 0.05) is 19.1 Å². The molecule has 1 aliphatic carbocycles. The topological polar surface area (TPSA) is 110 Å². The maximum absolute atomic E-state index is 14.5. The average Bonchev–Trinajstić information content (AvgIpc) is 3.00. The summed E-state index contributed by atoms with van der Waals surface area (Å²) in [6.07, 6.45) is 1.97. The lowest BCUT2D eigenvalue weighted by atomic mass is 9.97. The molecule has 0 saturated heterocycles. The molecule has 2 unspecified atom stereocenters. The van der Waals surface area contributed by atoms with Crippen LogP contribution in [-0.4, -0.2) is 49.1 Å². The second-order valence-corrected chi connectivity index (χ2v) is 5.12. The van der Waals surface area contributed by atoms with Gasteiger partial charge in [0.05, 0.1) is 12.4 Å². The van der Waals surface area contributed by atoms with Gasteiger partial charge in [0.1, 0.15) is 18.0 Å². The van der Waals surface area contributed by atoms with Gasteiger partial charge in [-0.05, 0) is 12.3 Å². The lowest BCUT2D eigenvalue weighted by Gasteiger charge is -2.18. The number of nitrogens with zero attached hydrogens (tertiary/aromatic N) is 4. The summed E-state index contributed by atoms with van der Waals surface area (Å²) < 4.78 is 16.1. The van der Waals surface area contributed by atoms with Gasteiger partial charge in [-0.15, -0.1) is 0 Å². The fourth-order valence-corrected chi connectivity index (χ4v) is 3.00. The fraction of sp³-hybridized carbons (Fsp3) is 0.583. The molecule has 8 heteroatoms. The highest BCUT2D eigenvalue weighted by atomic mass is 19.1. The number of nitrogens with two attached hydrogens (primary N) is 1. The first-order valence-electron chi connectivity index (χ1n) is 6.46. The molecule has 108 valence electrons. The van der Waals surface area contributed by atoms with Crippen molar-refractivity contribution in [1.29, 1.82) is 0 Å². The summed E-state index contributed by atoms with van der Waals surface area (Å²) in [4.78, 5) is 12.1. The van der Waals surface area contributed by atoms with E-state index in [2.05, 4.69) is 15.0 Å². The van der Waals surface area contributed by atoms with E-state index in [1.807, 2.05) is 0 Å². The molecule has 3 rings (SSSR count). The minimum atomic E-state index is -1.26. The number of anilines is 1. The van der Waals surface area contributed by atoms with Crippen LogP contribution in [0.15, 0.2) is 12.7 Å². The predicted molar refractivity (Wildman–Crippen MR) is 69.4 cm³/mol. The summed E-state index contributed by atoms with van der Waals surface area (Å²) in [5.41, 5.74) is 6.62. The van der Waals surface area contributed by atoms with E-state index in [0.29, 0.717) is 17.6 Å². The largest absolute Gasteiger partial charge is 0.396 e. The quantitative estimate of drug-likeness (QED) is 0.725. The normalized spacial score (nSPS) is 30.1. The van der Waals surface area contributed by atoms with E-state index >= 15 is 0 Å². The van der Waals surface area contributed by atoms with Crippen molar-refractivity contribution in [1.82, 2.24) is 19.5 Å². The molecule has 20 heavy (non-hydrogen) atoms. The second-order valence-electron chi connectivity index (χ2n) is 5.12. The maximum atomic E-state index is 14.5. The number of rotatable bonds is 3. The molecule has 0 aromatic carbocycles. The van der Waals surface area contributed by atoms with Crippen molar-refractivity contribution in [3.63, 3.8) is 0 Å². The lowest BCUT2D eigenvalue weighted by molar-refractivity contribution is 0.0957. The van der Waals surface area contributed by atoms with E-state index in [9.17, 15) is 14.6 Å². The molecule has 1 saturated carbocycles. The molecule has 1 aliphatic rings. The Morgan fingerprint density at radius 2 is 2.10 bits per heavy atom. The summed E-state index contributed by atoms with van der Waals surface area (Å²) in [6, 6.07) is -0.511. The summed E-state index contributed by atoms with van der Waals surface area (Å²) in [7, 11) is 0. The molecule has 1 fully saturated rings. The Kier molecular flexibility index (Phi) is 3.27. The van der Waals surface area contributed by atoms with Crippen LogP contribution in [-0.2, 0) is 0 Å².